The highest BCUT2D eigenvalue weighted by Gasteiger charge is 2.71. The van der Waals surface area contributed by atoms with E-state index in [0.717, 1.165) is 56.1 Å². The van der Waals surface area contributed by atoms with E-state index in [0.29, 0.717) is 41.3 Å². The molecule has 300 valence electrons. The predicted molar refractivity (Wildman–Crippen MR) is 212 cm³/mol. The normalized spacial score (nSPS) is 36.1. The lowest BCUT2D eigenvalue weighted by atomic mass is 9.33. The number of esters is 1. The van der Waals surface area contributed by atoms with Gasteiger partial charge in [0.05, 0.1) is 11.8 Å². The van der Waals surface area contributed by atoms with Gasteiger partial charge in [-0.2, -0.15) is 0 Å². The summed E-state index contributed by atoms with van der Waals surface area (Å²) in [6.07, 6.45) is 6.29. The van der Waals surface area contributed by atoms with Crippen LogP contribution in [0.5, 0.6) is 0 Å². The molecule has 9 atom stereocenters. The first-order valence-electron chi connectivity index (χ1n) is 20.6. The third-order valence-corrected chi connectivity index (χ3v) is 16.9. The monoisotopic (exact) mass is 775 g/mol. The van der Waals surface area contributed by atoms with Crippen LogP contribution >= 0.6 is 11.6 Å². The molecule has 9 nitrogen and oxygen atoms in total. The molecule has 7 rings (SSSR count). The second-order valence-electron chi connectivity index (χ2n) is 20.4. The summed E-state index contributed by atoms with van der Waals surface area (Å²) >= 11 is 6.18. The first-order chi connectivity index (χ1) is 25.5. The number of ether oxygens (including phenoxy) is 1. The molecule has 0 unspecified atom stereocenters. The van der Waals surface area contributed by atoms with Gasteiger partial charge in [-0.15, -0.1) is 10.2 Å². The minimum atomic E-state index is -1.18. The summed E-state index contributed by atoms with van der Waals surface area (Å²) in [5.74, 6) is 0.858. The molecule has 0 aliphatic heterocycles. The number of carboxylic acids is 1. The van der Waals surface area contributed by atoms with Gasteiger partial charge in [0, 0.05) is 34.9 Å². The Morgan fingerprint density at radius 1 is 0.945 bits per heavy atom. The van der Waals surface area contributed by atoms with Crippen LogP contribution in [0, 0.1) is 56.2 Å². The second kappa shape index (κ2) is 13.3. The van der Waals surface area contributed by atoms with Gasteiger partial charge in [0.15, 0.2) is 17.4 Å². The molecule has 0 spiro atoms. The topological polar surface area (TPSA) is 132 Å². The van der Waals surface area contributed by atoms with Gasteiger partial charge in [0.1, 0.15) is 12.2 Å². The minimum absolute atomic E-state index is 0.00333. The third-order valence-electron chi connectivity index (χ3n) is 16.6. The van der Waals surface area contributed by atoms with Crippen molar-refractivity contribution in [3.8, 4) is 11.4 Å². The van der Waals surface area contributed by atoms with Crippen molar-refractivity contribution in [1.82, 2.24) is 14.8 Å². The summed E-state index contributed by atoms with van der Waals surface area (Å²) in [6.45, 7) is 19.5. The lowest BCUT2D eigenvalue weighted by Crippen LogP contribution is -2.66. The number of fused-ring (bicyclic) bond motifs is 7. The van der Waals surface area contributed by atoms with Gasteiger partial charge in [-0.05, 0) is 141 Å². The Morgan fingerprint density at radius 3 is 2.25 bits per heavy atom. The van der Waals surface area contributed by atoms with E-state index in [1.165, 1.54) is 5.57 Å². The molecular formula is C45H62ClN3O6. The maximum Gasteiger partial charge on any atom is 0.309 e. The fourth-order valence-electron chi connectivity index (χ4n) is 13.5. The number of carbonyl (C=O) groups excluding carboxylic acids is 2. The lowest BCUT2D eigenvalue weighted by Gasteiger charge is -2.72. The number of allylic oxidation sites excluding steroid dienone is 1. The number of carbonyl (C=O) groups is 3. The van der Waals surface area contributed by atoms with Gasteiger partial charge in [-0.3, -0.25) is 14.4 Å². The number of carboxylic acid groups (broad SMARTS) is 1. The zero-order chi connectivity index (χ0) is 40.3. The van der Waals surface area contributed by atoms with Gasteiger partial charge in [-0.1, -0.05) is 60.1 Å². The molecule has 0 amide bonds. The molecule has 1 aromatic heterocycles. The number of aliphatic hydroxyl groups excluding tert-OH is 1. The molecule has 5 aliphatic rings. The zero-order valence-corrected chi connectivity index (χ0v) is 35.3. The van der Waals surface area contributed by atoms with E-state index in [1.807, 2.05) is 35.9 Å². The lowest BCUT2D eigenvalue weighted by molar-refractivity contribution is -0.235. The number of halogens is 1. The molecule has 4 saturated carbocycles. The fraction of sp³-hybridized carbons (Fsp3) is 0.711. The molecule has 1 aromatic carbocycles. The number of aliphatic carboxylic acids is 1. The Bertz CT molecular complexity index is 1930. The van der Waals surface area contributed by atoms with Crippen LogP contribution in [0.2, 0.25) is 5.02 Å². The van der Waals surface area contributed by atoms with Gasteiger partial charge in [-0.25, -0.2) is 0 Å². The highest BCUT2D eigenvalue weighted by atomic mass is 35.5. The number of benzene rings is 1. The summed E-state index contributed by atoms with van der Waals surface area (Å²) < 4.78 is 8.06. The number of hydrogen-bond acceptors (Lipinski definition) is 7. The van der Waals surface area contributed by atoms with Crippen molar-refractivity contribution >= 4 is 29.3 Å². The van der Waals surface area contributed by atoms with E-state index < -0.39 is 28.9 Å². The van der Waals surface area contributed by atoms with E-state index in [1.54, 1.807) is 13.8 Å². The number of Topliss-reactive ketones (excluding diaryl/α,β-unsaturated/α-hetero) is 1. The van der Waals surface area contributed by atoms with Crippen LogP contribution in [0.15, 0.2) is 35.4 Å². The van der Waals surface area contributed by atoms with Crippen molar-refractivity contribution in [2.75, 3.05) is 0 Å². The Labute approximate surface area is 332 Å². The molecule has 4 fully saturated rings. The molecule has 10 heteroatoms. The van der Waals surface area contributed by atoms with Crippen molar-refractivity contribution in [3.63, 3.8) is 0 Å². The number of aromatic nitrogens is 3. The molecular weight excluding hydrogens is 714 g/mol. The first-order valence-corrected chi connectivity index (χ1v) is 21.0. The Kier molecular flexibility index (Phi) is 9.68. The largest absolute Gasteiger partial charge is 0.481 e. The summed E-state index contributed by atoms with van der Waals surface area (Å²) in [7, 11) is 1.90. The van der Waals surface area contributed by atoms with Crippen molar-refractivity contribution in [2.45, 2.75) is 139 Å². The Morgan fingerprint density at radius 2 is 1.62 bits per heavy atom. The minimum Gasteiger partial charge on any atom is -0.481 e. The van der Waals surface area contributed by atoms with Gasteiger partial charge in [0.25, 0.3) is 0 Å². The molecule has 1 heterocycles. The van der Waals surface area contributed by atoms with Crippen LogP contribution < -0.4 is 0 Å². The van der Waals surface area contributed by atoms with Crippen LogP contribution in [-0.2, 0) is 26.2 Å². The molecule has 0 saturated heterocycles. The summed E-state index contributed by atoms with van der Waals surface area (Å²) in [4.78, 5) is 39.2. The quantitative estimate of drug-likeness (QED) is 0.254. The van der Waals surface area contributed by atoms with Crippen molar-refractivity contribution in [2.24, 2.45) is 63.2 Å². The average Bonchev–Trinajstić information content (AvgIpc) is 3.63. The summed E-state index contributed by atoms with van der Waals surface area (Å²) in [6, 6.07) is 7.47. The third kappa shape index (κ3) is 5.81. The van der Waals surface area contributed by atoms with E-state index in [9.17, 15) is 24.6 Å². The van der Waals surface area contributed by atoms with Crippen LogP contribution in [0.4, 0.5) is 0 Å². The molecule has 2 N–H and O–H groups in total. The average molecular weight is 776 g/mol. The van der Waals surface area contributed by atoms with E-state index in [4.69, 9.17) is 16.3 Å². The van der Waals surface area contributed by atoms with Crippen LogP contribution in [0.3, 0.4) is 0 Å². The highest BCUT2D eigenvalue weighted by molar-refractivity contribution is 6.30. The standard InChI is InChI=1S/C45H62ClN3O6/c1-25(2)34-29(50)23-45(36(52)38-48-47-37(49(38)10)26-11-13-27(46)14-12-26)22-21-43(8)28(35(34)45)15-16-31-42(7)19-18-32(55-33(51)24-40(3,4)39(53)54)41(5,6)30(42)17-20-44(31,43)9/h11-14,25,28,30-32,36,52H,15-24H2,1-10H3,(H,53,54)/t28-,30+,31-,32+,36+,42+,43-,44-,45-/m1/s1. The van der Waals surface area contributed by atoms with E-state index in [-0.39, 0.29) is 51.8 Å². The number of hydrogen-bond donors (Lipinski definition) is 2. The summed E-state index contributed by atoms with van der Waals surface area (Å²) in [5.41, 5.74) is 0.731. The van der Waals surface area contributed by atoms with Gasteiger partial charge in [0.2, 0.25) is 0 Å². The number of aliphatic hydroxyl groups is 1. The highest BCUT2D eigenvalue weighted by Crippen LogP contribution is 2.77. The molecule has 0 bridgehead atoms. The van der Waals surface area contributed by atoms with Crippen molar-refractivity contribution in [3.05, 3.63) is 46.3 Å². The maximum atomic E-state index is 14.2. The molecule has 2 aromatic rings. The summed E-state index contributed by atoms with van der Waals surface area (Å²) in [5, 5.41) is 32.0. The van der Waals surface area contributed by atoms with Crippen molar-refractivity contribution < 1.29 is 29.3 Å². The molecule has 0 radical (unpaired) electrons. The van der Waals surface area contributed by atoms with Crippen LogP contribution in [0.1, 0.15) is 138 Å². The number of ketones is 1. The van der Waals surface area contributed by atoms with Crippen molar-refractivity contribution in [1.29, 1.82) is 0 Å². The van der Waals surface area contributed by atoms with Gasteiger partial charge < -0.3 is 19.5 Å². The SMILES string of the molecule is CC(C)C1=C2[C@H]3CC[C@@H]4[C@@]5(C)CC[C@H](OC(=O)CC(C)(C)C(=O)O)C(C)(C)[C@@H]5CC[C@@]4(C)[C@]3(C)CC[C@@]2([C@@H](O)c2nnc(-c3ccc(Cl)cc3)n2C)CC1=O. The Balaban J connectivity index is 1.21. The first kappa shape index (κ1) is 40.2. The predicted octanol–water partition coefficient (Wildman–Crippen LogP) is 9.56. The van der Waals surface area contributed by atoms with E-state index >= 15 is 0 Å². The molecule has 5 aliphatic carbocycles. The maximum absolute atomic E-state index is 14.2. The van der Waals surface area contributed by atoms with Crippen LogP contribution in [0.25, 0.3) is 11.4 Å². The number of nitrogens with zero attached hydrogens (tertiary/aromatic N) is 3. The fourth-order valence-corrected chi connectivity index (χ4v) is 13.6. The van der Waals surface area contributed by atoms with Gasteiger partial charge >= 0.3 is 11.9 Å². The van der Waals surface area contributed by atoms with Crippen LogP contribution in [-0.4, -0.2) is 48.8 Å². The number of rotatable bonds is 8. The molecule has 55 heavy (non-hydrogen) atoms. The Hall–Kier alpha value is -3.04. The second-order valence-corrected chi connectivity index (χ2v) is 20.8. The zero-order valence-electron chi connectivity index (χ0n) is 34.6. The van der Waals surface area contributed by atoms with E-state index in [2.05, 4.69) is 58.7 Å². The smallest absolute Gasteiger partial charge is 0.309 e.